The van der Waals surface area contributed by atoms with Gasteiger partial charge in [-0.2, -0.15) is 0 Å². The number of aliphatic hydroxyl groups is 1. The molecule has 6 nitrogen and oxygen atoms in total. The van der Waals surface area contributed by atoms with E-state index >= 15 is 0 Å². The second-order valence-corrected chi connectivity index (χ2v) is 4.82. The van der Waals surface area contributed by atoms with Crippen LogP contribution >= 0.6 is 0 Å². The molecule has 1 saturated heterocycles. The van der Waals surface area contributed by atoms with Crippen molar-refractivity contribution in [1.82, 2.24) is 10.3 Å². The maximum Gasteiger partial charge on any atom is 0.226 e. The molecule has 1 amide bonds. The van der Waals surface area contributed by atoms with Crippen LogP contribution in [-0.4, -0.2) is 49.0 Å². The van der Waals surface area contributed by atoms with Gasteiger partial charge in [0.1, 0.15) is 0 Å². The standard InChI is InChI=1S/C14H20N2O4/c1-19-9-11(8-17)16-14(18)12-4-6-20-13(12)10-3-2-5-15-7-10/h2-3,5,7,11-13,17H,4,6,8-9H2,1H3,(H,16,18)/t11-,12-,13+/m0/s1. The molecule has 0 aromatic carbocycles. The lowest BCUT2D eigenvalue weighted by Gasteiger charge is -2.21. The first-order chi connectivity index (χ1) is 9.76. The molecule has 6 heteroatoms. The van der Waals surface area contributed by atoms with E-state index in [-0.39, 0.29) is 37.2 Å². The lowest BCUT2D eigenvalue weighted by Crippen LogP contribution is -2.44. The van der Waals surface area contributed by atoms with Crippen molar-refractivity contribution in [3.8, 4) is 0 Å². The Balaban J connectivity index is 2.01. The van der Waals surface area contributed by atoms with E-state index in [1.165, 1.54) is 7.11 Å². The van der Waals surface area contributed by atoms with Crippen LogP contribution < -0.4 is 5.32 Å². The number of hydrogen-bond donors (Lipinski definition) is 2. The van der Waals surface area contributed by atoms with Crippen LogP contribution in [-0.2, 0) is 14.3 Å². The molecule has 20 heavy (non-hydrogen) atoms. The third kappa shape index (κ3) is 3.53. The van der Waals surface area contributed by atoms with Gasteiger partial charge in [0.15, 0.2) is 0 Å². The Morgan fingerprint density at radius 2 is 2.55 bits per heavy atom. The van der Waals surface area contributed by atoms with E-state index in [9.17, 15) is 9.90 Å². The molecule has 0 spiro atoms. The quantitative estimate of drug-likeness (QED) is 0.782. The Labute approximate surface area is 118 Å². The molecule has 1 fully saturated rings. The minimum absolute atomic E-state index is 0.118. The fraction of sp³-hybridized carbons (Fsp3) is 0.571. The molecule has 1 aromatic heterocycles. The van der Waals surface area contributed by atoms with Crippen molar-refractivity contribution < 1.29 is 19.4 Å². The van der Waals surface area contributed by atoms with Gasteiger partial charge in [-0.15, -0.1) is 0 Å². The van der Waals surface area contributed by atoms with Gasteiger partial charge in [-0.3, -0.25) is 9.78 Å². The number of carbonyl (C=O) groups excluding carboxylic acids is 1. The Morgan fingerprint density at radius 3 is 3.20 bits per heavy atom. The number of aromatic nitrogens is 1. The van der Waals surface area contributed by atoms with E-state index in [0.29, 0.717) is 13.0 Å². The van der Waals surface area contributed by atoms with Crippen LogP contribution in [0, 0.1) is 5.92 Å². The highest BCUT2D eigenvalue weighted by atomic mass is 16.5. The number of methoxy groups -OCH3 is 1. The molecule has 0 saturated carbocycles. The average molecular weight is 280 g/mol. The lowest BCUT2D eigenvalue weighted by molar-refractivity contribution is -0.128. The van der Waals surface area contributed by atoms with Crippen LogP contribution in [0.3, 0.4) is 0 Å². The number of amides is 1. The van der Waals surface area contributed by atoms with Gasteiger partial charge in [0, 0.05) is 26.1 Å². The molecule has 2 rings (SSSR count). The van der Waals surface area contributed by atoms with Crippen LogP contribution in [0.5, 0.6) is 0 Å². The maximum atomic E-state index is 12.3. The van der Waals surface area contributed by atoms with Crippen molar-refractivity contribution in [2.75, 3.05) is 26.9 Å². The predicted molar refractivity (Wildman–Crippen MR) is 71.9 cm³/mol. The van der Waals surface area contributed by atoms with Crippen LogP contribution in [0.25, 0.3) is 0 Å². The molecule has 0 aliphatic carbocycles. The van der Waals surface area contributed by atoms with Crippen LogP contribution in [0.15, 0.2) is 24.5 Å². The van der Waals surface area contributed by atoms with Gasteiger partial charge in [-0.1, -0.05) is 6.07 Å². The Kier molecular flexibility index (Phi) is 5.46. The third-order valence-electron chi connectivity index (χ3n) is 3.38. The number of nitrogens with one attached hydrogen (secondary N) is 1. The molecule has 0 unspecified atom stereocenters. The van der Waals surface area contributed by atoms with Gasteiger partial charge in [-0.05, 0) is 18.1 Å². The molecule has 0 radical (unpaired) electrons. The van der Waals surface area contributed by atoms with Crippen molar-refractivity contribution in [1.29, 1.82) is 0 Å². The number of aliphatic hydroxyl groups excluding tert-OH is 1. The highest BCUT2D eigenvalue weighted by Gasteiger charge is 2.35. The molecule has 2 N–H and O–H groups in total. The Morgan fingerprint density at radius 1 is 1.70 bits per heavy atom. The number of carbonyl (C=O) groups is 1. The minimum atomic E-state index is -0.386. The van der Waals surface area contributed by atoms with Crippen molar-refractivity contribution in [3.05, 3.63) is 30.1 Å². The number of nitrogens with zero attached hydrogens (tertiary/aromatic N) is 1. The molecule has 110 valence electrons. The van der Waals surface area contributed by atoms with Crippen LogP contribution in [0.2, 0.25) is 0 Å². The largest absolute Gasteiger partial charge is 0.394 e. The van der Waals surface area contributed by atoms with E-state index in [1.807, 2.05) is 12.1 Å². The zero-order valence-electron chi connectivity index (χ0n) is 11.5. The summed E-state index contributed by atoms with van der Waals surface area (Å²) in [6.07, 6.45) is 3.80. The fourth-order valence-corrected chi connectivity index (χ4v) is 2.38. The Hall–Kier alpha value is -1.50. The van der Waals surface area contributed by atoms with E-state index in [2.05, 4.69) is 10.3 Å². The summed E-state index contributed by atoms with van der Waals surface area (Å²) < 4.78 is 10.6. The van der Waals surface area contributed by atoms with Crippen molar-refractivity contribution in [2.45, 2.75) is 18.6 Å². The summed E-state index contributed by atoms with van der Waals surface area (Å²) in [6, 6.07) is 3.35. The molecular weight excluding hydrogens is 260 g/mol. The Bertz CT molecular complexity index is 426. The van der Waals surface area contributed by atoms with Gasteiger partial charge in [-0.25, -0.2) is 0 Å². The zero-order chi connectivity index (χ0) is 14.4. The van der Waals surface area contributed by atoms with E-state index in [4.69, 9.17) is 9.47 Å². The molecule has 0 bridgehead atoms. The normalized spacial score (nSPS) is 23.5. The first kappa shape index (κ1) is 14.9. The summed E-state index contributed by atoms with van der Waals surface area (Å²) in [5.74, 6) is -0.377. The van der Waals surface area contributed by atoms with Gasteiger partial charge < -0.3 is 19.9 Å². The monoisotopic (exact) mass is 280 g/mol. The molecule has 1 aliphatic heterocycles. The fourth-order valence-electron chi connectivity index (χ4n) is 2.38. The van der Waals surface area contributed by atoms with Crippen molar-refractivity contribution in [3.63, 3.8) is 0 Å². The molecular formula is C14H20N2O4. The van der Waals surface area contributed by atoms with Gasteiger partial charge >= 0.3 is 0 Å². The molecule has 1 aliphatic rings. The summed E-state index contributed by atoms with van der Waals surface area (Å²) >= 11 is 0. The van der Waals surface area contributed by atoms with Crippen molar-refractivity contribution in [2.24, 2.45) is 5.92 Å². The van der Waals surface area contributed by atoms with E-state index in [1.54, 1.807) is 12.4 Å². The topological polar surface area (TPSA) is 80.7 Å². The number of pyridine rings is 1. The van der Waals surface area contributed by atoms with Crippen LogP contribution in [0.4, 0.5) is 0 Å². The van der Waals surface area contributed by atoms with E-state index < -0.39 is 0 Å². The predicted octanol–water partition coefficient (Wildman–Crippen LogP) is 0.283. The summed E-state index contributed by atoms with van der Waals surface area (Å²) in [7, 11) is 1.53. The van der Waals surface area contributed by atoms with Gasteiger partial charge in [0.2, 0.25) is 5.91 Å². The summed E-state index contributed by atoms with van der Waals surface area (Å²) in [5, 5.41) is 12.0. The third-order valence-corrected chi connectivity index (χ3v) is 3.38. The SMILES string of the molecule is COC[C@H](CO)NC(=O)[C@H]1CCO[C@@H]1c1cccnc1. The number of rotatable bonds is 6. The maximum absolute atomic E-state index is 12.3. The van der Waals surface area contributed by atoms with Gasteiger partial charge in [0.05, 0.1) is 31.3 Å². The first-order valence-corrected chi connectivity index (χ1v) is 6.68. The molecule has 2 heterocycles. The minimum Gasteiger partial charge on any atom is -0.394 e. The number of hydrogen-bond acceptors (Lipinski definition) is 5. The summed E-state index contributed by atoms with van der Waals surface area (Å²) in [4.78, 5) is 16.4. The smallest absolute Gasteiger partial charge is 0.226 e. The molecule has 3 atom stereocenters. The average Bonchev–Trinajstić information content (AvgIpc) is 2.97. The van der Waals surface area contributed by atoms with Gasteiger partial charge in [0.25, 0.3) is 0 Å². The first-order valence-electron chi connectivity index (χ1n) is 6.68. The number of ether oxygens (including phenoxy) is 2. The highest BCUT2D eigenvalue weighted by Crippen LogP contribution is 2.34. The van der Waals surface area contributed by atoms with Crippen molar-refractivity contribution >= 4 is 5.91 Å². The second-order valence-electron chi connectivity index (χ2n) is 4.82. The highest BCUT2D eigenvalue weighted by molar-refractivity contribution is 5.80. The summed E-state index contributed by atoms with van der Waals surface area (Å²) in [6.45, 7) is 0.684. The van der Waals surface area contributed by atoms with E-state index in [0.717, 1.165) is 5.56 Å². The zero-order valence-corrected chi connectivity index (χ0v) is 11.5. The molecule has 1 aromatic rings. The lowest BCUT2D eigenvalue weighted by atomic mass is 9.95. The van der Waals surface area contributed by atoms with Crippen LogP contribution in [0.1, 0.15) is 18.1 Å². The summed E-state index contributed by atoms with van der Waals surface area (Å²) in [5.41, 5.74) is 0.900. The second kappa shape index (κ2) is 7.33.